The van der Waals surface area contributed by atoms with E-state index in [4.69, 9.17) is 5.73 Å². The van der Waals surface area contributed by atoms with Crippen molar-refractivity contribution >= 4 is 23.2 Å². The molecule has 0 bridgehead atoms. The smallest absolute Gasteiger partial charge is 0.224 e. The van der Waals surface area contributed by atoms with E-state index in [2.05, 4.69) is 15.3 Å². The molecule has 0 atom stereocenters. The van der Waals surface area contributed by atoms with Crippen molar-refractivity contribution in [3.05, 3.63) is 18.6 Å². The molecule has 3 heterocycles. The minimum absolute atomic E-state index is 0.193. The number of nitrogens with zero attached hydrogens (tertiary/aromatic N) is 4. The number of likely N-dealkylation sites (tertiary alicyclic amines) is 1. The maximum absolute atomic E-state index is 11.9. The van der Waals surface area contributed by atoms with Gasteiger partial charge in [0.25, 0.3) is 0 Å². The zero-order chi connectivity index (χ0) is 13.9. The first kappa shape index (κ1) is 12.7. The van der Waals surface area contributed by atoms with E-state index in [9.17, 15) is 4.79 Å². The van der Waals surface area contributed by atoms with Gasteiger partial charge in [0.05, 0.1) is 6.20 Å². The fourth-order valence-corrected chi connectivity index (χ4v) is 2.48. The van der Waals surface area contributed by atoms with Gasteiger partial charge in [0.15, 0.2) is 11.5 Å². The van der Waals surface area contributed by atoms with Crippen LogP contribution in [0.5, 0.6) is 0 Å². The number of hydrogen-bond donors (Lipinski definition) is 2. The van der Waals surface area contributed by atoms with Crippen molar-refractivity contribution in [3.8, 4) is 0 Å². The topological polar surface area (TPSA) is 88.5 Å². The number of fused-ring (bicyclic) bond motifs is 1. The van der Waals surface area contributed by atoms with Gasteiger partial charge in [-0.15, -0.1) is 0 Å². The van der Waals surface area contributed by atoms with E-state index in [0.29, 0.717) is 30.2 Å². The van der Waals surface area contributed by atoms with Crippen molar-refractivity contribution in [1.29, 1.82) is 0 Å². The lowest BCUT2D eigenvalue weighted by Crippen LogP contribution is -2.29. The highest BCUT2D eigenvalue weighted by Crippen LogP contribution is 2.15. The molecular weight excluding hydrogens is 256 g/mol. The Hall–Kier alpha value is -2.31. The summed E-state index contributed by atoms with van der Waals surface area (Å²) >= 11 is 0. The summed E-state index contributed by atoms with van der Waals surface area (Å²) in [6, 6.07) is 0. The Morgan fingerprint density at radius 2 is 2.20 bits per heavy atom. The highest BCUT2D eigenvalue weighted by atomic mass is 16.2. The van der Waals surface area contributed by atoms with Crippen molar-refractivity contribution in [2.24, 2.45) is 0 Å². The number of hydrogen-bond acceptors (Lipinski definition) is 5. The number of amides is 1. The molecule has 1 aliphatic heterocycles. The molecule has 3 rings (SSSR count). The van der Waals surface area contributed by atoms with Gasteiger partial charge in [-0.3, -0.25) is 4.79 Å². The lowest BCUT2D eigenvalue weighted by atomic mass is 10.3. The monoisotopic (exact) mass is 274 g/mol. The fourth-order valence-electron chi connectivity index (χ4n) is 2.48. The molecule has 20 heavy (non-hydrogen) atoms. The summed E-state index contributed by atoms with van der Waals surface area (Å²) < 4.78 is 1.81. The molecule has 0 aliphatic carbocycles. The second-order valence-electron chi connectivity index (χ2n) is 4.94. The molecule has 2 aromatic rings. The van der Waals surface area contributed by atoms with Crippen molar-refractivity contribution < 1.29 is 4.79 Å². The van der Waals surface area contributed by atoms with Crippen LogP contribution in [-0.2, 0) is 4.79 Å². The third kappa shape index (κ3) is 2.52. The Labute approximate surface area is 116 Å². The maximum atomic E-state index is 11.9. The molecule has 106 valence electrons. The molecule has 0 saturated carbocycles. The van der Waals surface area contributed by atoms with Gasteiger partial charge in [-0.2, -0.15) is 0 Å². The Balaban J connectivity index is 1.62. The summed E-state index contributed by atoms with van der Waals surface area (Å²) in [5.74, 6) is 1.23. The van der Waals surface area contributed by atoms with E-state index in [1.54, 1.807) is 12.4 Å². The van der Waals surface area contributed by atoms with Crippen LogP contribution in [0.25, 0.3) is 5.65 Å². The first-order valence-corrected chi connectivity index (χ1v) is 6.85. The standard InChI is InChI=1S/C13H18N6O/c14-10-9-19-8-5-16-13(19)12(17-10)15-4-3-11(20)18-6-1-2-7-18/h5,8-9H,1-4,6-7,14H2,(H,15,17). The first-order valence-electron chi connectivity index (χ1n) is 6.85. The van der Waals surface area contributed by atoms with Crippen molar-refractivity contribution in [2.75, 3.05) is 30.7 Å². The van der Waals surface area contributed by atoms with E-state index >= 15 is 0 Å². The second kappa shape index (κ2) is 5.36. The molecule has 0 aromatic carbocycles. The fraction of sp³-hybridized carbons (Fsp3) is 0.462. The van der Waals surface area contributed by atoms with Crippen LogP contribution in [0.1, 0.15) is 19.3 Å². The normalized spacial score (nSPS) is 14.9. The maximum Gasteiger partial charge on any atom is 0.224 e. The number of nitrogen functional groups attached to an aromatic ring is 1. The van der Waals surface area contributed by atoms with E-state index in [1.165, 1.54) is 0 Å². The number of nitrogens with two attached hydrogens (primary N) is 1. The molecule has 0 radical (unpaired) electrons. The number of carbonyl (C=O) groups is 1. The third-order valence-electron chi connectivity index (χ3n) is 3.48. The summed E-state index contributed by atoms with van der Waals surface area (Å²) in [5.41, 5.74) is 6.46. The highest BCUT2D eigenvalue weighted by Gasteiger charge is 2.17. The molecule has 1 aliphatic rings. The summed E-state index contributed by atoms with van der Waals surface area (Å²) in [6.45, 7) is 2.31. The number of nitrogens with one attached hydrogen (secondary N) is 1. The van der Waals surface area contributed by atoms with Gasteiger partial charge < -0.3 is 20.4 Å². The highest BCUT2D eigenvalue weighted by molar-refractivity contribution is 5.77. The average molecular weight is 274 g/mol. The molecule has 1 saturated heterocycles. The number of rotatable bonds is 4. The Morgan fingerprint density at radius 3 is 3.00 bits per heavy atom. The van der Waals surface area contributed by atoms with E-state index in [1.807, 2.05) is 15.5 Å². The van der Waals surface area contributed by atoms with E-state index in [0.717, 1.165) is 25.9 Å². The minimum Gasteiger partial charge on any atom is -0.382 e. The molecule has 1 fully saturated rings. The molecule has 1 amide bonds. The van der Waals surface area contributed by atoms with E-state index in [-0.39, 0.29) is 5.91 Å². The van der Waals surface area contributed by atoms with Gasteiger partial charge in [0, 0.05) is 38.4 Å². The predicted octanol–water partition coefficient (Wildman–Crippen LogP) is 0.736. The molecule has 2 aromatic heterocycles. The zero-order valence-corrected chi connectivity index (χ0v) is 11.2. The third-order valence-corrected chi connectivity index (χ3v) is 3.48. The quantitative estimate of drug-likeness (QED) is 0.858. The van der Waals surface area contributed by atoms with E-state index < -0.39 is 0 Å². The van der Waals surface area contributed by atoms with Crippen LogP contribution < -0.4 is 11.1 Å². The second-order valence-corrected chi connectivity index (χ2v) is 4.94. The molecule has 0 unspecified atom stereocenters. The largest absolute Gasteiger partial charge is 0.382 e. The summed E-state index contributed by atoms with van der Waals surface area (Å²) in [6.07, 6.45) is 7.91. The summed E-state index contributed by atoms with van der Waals surface area (Å²) in [7, 11) is 0. The van der Waals surface area contributed by atoms with Crippen LogP contribution in [0, 0.1) is 0 Å². The molecular formula is C13H18N6O. The lowest BCUT2D eigenvalue weighted by Gasteiger charge is -2.15. The molecule has 3 N–H and O–H groups in total. The predicted molar refractivity (Wildman–Crippen MR) is 76.3 cm³/mol. The molecule has 0 spiro atoms. The Kier molecular flexibility index (Phi) is 3.41. The van der Waals surface area contributed by atoms with Crippen molar-refractivity contribution in [2.45, 2.75) is 19.3 Å². The minimum atomic E-state index is 0.193. The van der Waals surface area contributed by atoms with Gasteiger partial charge in [0.1, 0.15) is 5.82 Å². The van der Waals surface area contributed by atoms with Crippen LogP contribution in [0.4, 0.5) is 11.6 Å². The first-order chi connectivity index (χ1) is 9.74. The van der Waals surface area contributed by atoms with Crippen LogP contribution >= 0.6 is 0 Å². The van der Waals surface area contributed by atoms with Gasteiger partial charge in [0.2, 0.25) is 5.91 Å². The van der Waals surface area contributed by atoms with Gasteiger partial charge >= 0.3 is 0 Å². The molecule has 7 heteroatoms. The van der Waals surface area contributed by atoms with Crippen molar-refractivity contribution in [3.63, 3.8) is 0 Å². The van der Waals surface area contributed by atoms with Crippen LogP contribution in [0.3, 0.4) is 0 Å². The number of aromatic nitrogens is 3. The zero-order valence-electron chi connectivity index (χ0n) is 11.2. The molecule has 7 nitrogen and oxygen atoms in total. The average Bonchev–Trinajstić information content (AvgIpc) is 3.09. The Bertz CT molecular complexity index is 616. The lowest BCUT2D eigenvalue weighted by molar-refractivity contribution is -0.129. The Morgan fingerprint density at radius 1 is 1.40 bits per heavy atom. The SMILES string of the molecule is Nc1cn2ccnc2c(NCCC(=O)N2CCCC2)n1. The summed E-state index contributed by atoms with van der Waals surface area (Å²) in [5, 5.41) is 3.15. The van der Waals surface area contributed by atoms with Crippen molar-refractivity contribution in [1.82, 2.24) is 19.3 Å². The van der Waals surface area contributed by atoms with Crippen LogP contribution in [0.15, 0.2) is 18.6 Å². The van der Waals surface area contributed by atoms with Crippen LogP contribution in [0.2, 0.25) is 0 Å². The van der Waals surface area contributed by atoms with Gasteiger partial charge in [-0.05, 0) is 12.8 Å². The van der Waals surface area contributed by atoms with Crippen LogP contribution in [-0.4, -0.2) is 44.8 Å². The van der Waals surface area contributed by atoms with Gasteiger partial charge in [-0.1, -0.05) is 0 Å². The number of carbonyl (C=O) groups excluding carboxylic acids is 1. The summed E-state index contributed by atoms with van der Waals surface area (Å²) in [4.78, 5) is 22.3. The number of imidazole rings is 1. The van der Waals surface area contributed by atoms with Gasteiger partial charge in [-0.25, -0.2) is 9.97 Å². The number of anilines is 2.